The van der Waals surface area contributed by atoms with Crippen LogP contribution in [0, 0.1) is 21.4 Å². The largest absolute Gasteiger partial charge is 0.333 e. The third-order valence-electron chi connectivity index (χ3n) is 4.83. The van der Waals surface area contributed by atoms with Gasteiger partial charge in [0, 0.05) is 24.6 Å². The lowest BCUT2D eigenvalue weighted by Gasteiger charge is -2.38. The van der Waals surface area contributed by atoms with Gasteiger partial charge in [0.15, 0.2) is 0 Å². The van der Waals surface area contributed by atoms with Crippen molar-refractivity contribution in [3.05, 3.63) is 62.0 Å². The van der Waals surface area contributed by atoms with Crippen LogP contribution in [0.4, 0.5) is 10.7 Å². The van der Waals surface area contributed by atoms with Crippen LogP contribution in [-0.2, 0) is 16.8 Å². The molecule has 0 aliphatic carbocycles. The van der Waals surface area contributed by atoms with Crippen molar-refractivity contribution in [1.29, 1.82) is 5.26 Å². The molecule has 0 atom stereocenters. The molecule has 7 nitrogen and oxygen atoms in total. The van der Waals surface area contributed by atoms with Gasteiger partial charge in [-0.3, -0.25) is 14.9 Å². The summed E-state index contributed by atoms with van der Waals surface area (Å²) in [6, 6.07) is 8.30. The number of fused-ring (bicyclic) bond motifs is 1. The quantitative estimate of drug-likeness (QED) is 0.456. The summed E-state index contributed by atoms with van der Waals surface area (Å²) in [6.45, 7) is 8.55. The molecule has 150 valence electrons. The minimum absolute atomic E-state index is 0.0353. The van der Waals surface area contributed by atoms with E-state index in [0.29, 0.717) is 16.1 Å². The number of hydrogen-bond donors (Lipinski definition) is 2. The van der Waals surface area contributed by atoms with Crippen LogP contribution >= 0.6 is 11.3 Å². The molecule has 0 saturated heterocycles. The minimum atomic E-state index is -0.479. The van der Waals surface area contributed by atoms with Gasteiger partial charge in [0.25, 0.3) is 5.69 Å². The van der Waals surface area contributed by atoms with Gasteiger partial charge in [0.2, 0.25) is 5.91 Å². The van der Waals surface area contributed by atoms with Gasteiger partial charge in [-0.2, -0.15) is 5.26 Å². The van der Waals surface area contributed by atoms with E-state index in [9.17, 15) is 20.2 Å². The number of rotatable bonds is 4. The third-order valence-corrected chi connectivity index (χ3v) is 6.32. The molecule has 1 aliphatic heterocycles. The molecule has 2 aromatic rings. The number of nitrogens with one attached hydrogen (secondary N) is 1. The predicted octanol–water partition coefficient (Wildman–Crippen LogP) is 3.31. The van der Waals surface area contributed by atoms with Crippen molar-refractivity contribution < 1.29 is 15.0 Å². The van der Waals surface area contributed by atoms with E-state index in [1.807, 2.05) is 0 Å². The van der Waals surface area contributed by atoms with Gasteiger partial charge >= 0.3 is 0 Å². The average Bonchev–Trinajstić information content (AvgIpc) is 2.96. The van der Waals surface area contributed by atoms with Crippen LogP contribution in [0.5, 0.6) is 0 Å². The zero-order valence-electron chi connectivity index (χ0n) is 16.8. The monoisotopic (exact) mass is 411 g/mol. The van der Waals surface area contributed by atoms with Gasteiger partial charge in [-0.15, -0.1) is 11.3 Å². The van der Waals surface area contributed by atoms with Crippen molar-refractivity contribution in [2.75, 3.05) is 5.32 Å². The fraction of sp³-hybridized carbons (Fsp3) is 0.333. The number of thiophene rings is 1. The van der Waals surface area contributed by atoms with E-state index in [0.717, 1.165) is 16.9 Å². The molecule has 1 aliphatic rings. The number of nitrogens with two attached hydrogens (primary N) is 1. The second kappa shape index (κ2) is 7.43. The molecule has 0 bridgehead atoms. The summed E-state index contributed by atoms with van der Waals surface area (Å²) in [7, 11) is 0. The molecule has 1 aromatic carbocycles. The van der Waals surface area contributed by atoms with Gasteiger partial charge in [-0.25, -0.2) is 0 Å². The summed E-state index contributed by atoms with van der Waals surface area (Å²) >= 11 is 1.44. The van der Waals surface area contributed by atoms with Crippen LogP contribution < -0.4 is 10.6 Å². The topological polar surface area (TPSA) is 113 Å². The van der Waals surface area contributed by atoms with E-state index in [1.165, 1.54) is 35.6 Å². The van der Waals surface area contributed by atoms with Crippen molar-refractivity contribution in [2.24, 2.45) is 0 Å². The predicted molar refractivity (Wildman–Crippen MR) is 113 cm³/mol. The molecule has 0 radical (unpaired) electrons. The number of anilines is 1. The Morgan fingerprint density at radius 1 is 1.38 bits per heavy atom. The van der Waals surface area contributed by atoms with Crippen LogP contribution in [0.2, 0.25) is 0 Å². The summed E-state index contributed by atoms with van der Waals surface area (Å²) < 4.78 is 0. The lowest BCUT2D eigenvalue weighted by atomic mass is 9.81. The summed E-state index contributed by atoms with van der Waals surface area (Å²) in [5.74, 6) is -0.382. The Morgan fingerprint density at radius 3 is 2.76 bits per heavy atom. The maximum atomic E-state index is 12.4. The average molecular weight is 412 g/mol. The van der Waals surface area contributed by atoms with Crippen LogP contribution in [0.1, 0.15) is 49.3 Å². The molecule has 3 N–H and O–H groups in total. The molecule has 0 spiro atoms. The van der Waals surface area contributed by atoms with E-state index in [2.05, 4.69) is 44.4 Å². The maximum absolute atomic E-state index is 12.4. The first-order valence-corrected chi connectivity index (χ1v) is 10.0. The van der Waals surface area contributed by atoms with Crippen LogP contribution in [0.3, 0.4) is 0 Å². The second-order valence-electron chi connectivity index (χ2n) is 8.43. The Morgan fingerprint density at radius 2 is 2.10 bits per heavy atom. The zero-order valence-corrected chi connectivity index (χ0v) is 17.6. The Labute approximate surface area is 173 Å². The Balaban J connectivity index is 1.85. The van der Waals surface area contributed by atoms with Gasteiger partial charge in [-0.05, 0) is 44.9 Å². The summed E-state index contributed by atoms with van der Waals surface area (Å²) in [6.07, 6.45) is 3.59. The second-order valence-corrected chi connectivity index (χ2v) is 9.45. The smallest absolute Gasteiger partial charge is 0.270 e. The Bertz CT molecular complexity index is 1060. The SMILES string of the molecule is CC1(C)Cc2c(sc(NC(=O)/C=C/c3cccc([N+](=O)[O-])c3)c2C#N)C(C)(C)[NH2+]1. The molecular weight excluding hydrogens is 388 g/mol. The highest BCUT2D eigenvalue weighted by Crippen LogP contribution is 2.41. The standard InChI is InChI=1S/C21H22N4O3S/c1-20(2)11-15-16(12-22)19(29-18(15)21(3,4)24-20)23-17(26)9-8-13-6-5-7-14(10-13)25(27)28/h5-10,24H,11H2,1-4H3,(H,23,26)/p+1/b9-8+. The number of carbonyl (C=O) groups excluding carboxylic acids is 1. The molecule has 29 heavy (non-hydrogen) atoms. The normalized spacial score (nSPS) is 16.8. The molecule has 8 heteroatoms. The number of nitriles is 1. The number of nitro groups is 1. The number of amides is 1. The maximum Gasteiger partial charge on any atom is 0.270 e. The number of hydrogen-bond acceptors (Lipinski definition) is 5. The fourth-order valence-electron chi connectivity index (χ4n) is 3.98. The number of carbonyl (C=O) groups is 1. The molecular formula is C21H23N4O3S+. The number of nitro benzene ring substituents is 1. The molecule has 0 unspecified atom stereocenters. The van der Waals surface area contributed by atoms with Crippen LogP contribution in [0.15, 0.2) is 30.3 Å². The number of benzene rings is 1. The van der Waals surface area contributed by atoms with Crippen molar-refractivity contribution in [3.8, 4) is 6.07 Å². The van der Waals surface area contributed by atoms with Gasteiger partial charge in [0.1, 0.15) is 16.6 Å². The van der Waals surface area contributed by atoms with Crippen molar-refractivity contribution in [1.82, 2.24) is 0 Å². The minimum Gasteiger partial charge on any atom is -0.333 e. The van der Waals surface area contributed by atoms with Crippen molar-refractivity contribution in [2.45, 2.75) is 45.2 Å². The van der Waals surface area contributed by atoms with Gasteiger partial charge in [0.05, 0.1) is 20.9 Å². The van der Waals surface area contributed by atoms with Crippen LogP contribution in [0.25, 0.3) is 6.08 Å². The first kappa shape index (κ1) is 20.7. The highest BCUT2D eigenvalue weighted by Gasteiger charge is 2.44. The van der Waals surface area contributed by atoms with Crippen molar-refractivity contribution in [3.63, 3.8) is 0 Å². The molecule has 0 fully saturated rings. The number of nitrogens with zero attached hydrogens (tertiary/aromatic N) is 2. The fourth-order valence-corrected chi connectivity index (χ4v) is 5.22. The van der Waals surface area contributed by atoms with Crippen molar-refractivity contribution >= 4 is 34.0 Å². The summed E-state index contributed by atoms with van der Waals surface area (Å²) in [4.78, 5) is 23.9. The highest BCUT2D eigenvalue weighted by molar-refractivity contribution is 7.16. The van der Waals surface area contributed by atoms with Crippen LogP contribution in [-0.4, -0.2) is 16.4 Å². The Kier molecular flexibility index (Phi) is 5.30. The number of quaternary nitrogens is 1. The lowest BCUT2D eigenvalue weighted by molar-refractivity contribution is -0.789. The first-order chi connectivity index (χ1) is 13.5. The van der Waals surface area contributed by atoms with E-state index in [-0.39, 0.29) is 22.7 Å². The summed E-state index contributed by atoms with van der Waals surface area (Å²) in [5, 5.41) is 26.2. The molecule has 1 aromatic heterocycles. The van der Waals surface area contributed by atoms with E-state index < -0.39 is 4.92 Å². The first-order valence-electron chi connectivity index (χ1n) is 9.19. The van der Waals surface area contributed by atoms with E-state index in [4.69, 9.17) is 0 Å². The third kappa shape index (κ3) is 4.36. The number of non-ortho nitro benzene ring substituents is 1. The Hall–Kier alpha value is -3.02. The molecule has 2 heterocycles. The van der Waals surface area contributed by atoms with E-state index >= 15 is 0 Å². The van der Waals surface area contributed by atoms with Gasteiger partial charge in [-0.1, -0.05) is 12.1 Å². The lowest BCUT2D eigenvalue weighted by Crippen LogP contribution is -3.03. The zero-order chi connectivity index (χ0) is 21.4. The van der Waals surface area contributed by atoms with E-state index in [1.54, 1.807) is 12.1 Å². The highest BCUT2D eigenvalue weighted by atomic mass is 32.1. The molecule has 0 saturated carbocycles. The summed E-state index contributed by atoms with van der Waals surface area (Å²) in [5.41, 5.74) is 1.83. The molecule has 3 rings (SSSR count). The van der Waals surface area contributed by atoms with Gasteiger partial charge < -0.3 is 10.6 Å². The molecule has 1 amide bonds.